The zero-order valence-corrected chi connectivity index (χ0v) is 10.9. The maximum Gasteiger partial charge on any atom is 0.354 e. The number of hydrogen-bond acceptors (Lipinski definition) is 5. The minimum Gasteiger partial charge on any atom is -0.477 e. The third-order valence-corrected chi connectivity index (χ3v) is 2.56. The van der Waals surface area contributed by atoms with Crippen LogP contribution in [-0.2, 0) is 4.74 Å². The number of nitrogen functional groups attached to an aromatic ring is 1. The van der Waals surface area contributed by atoms with E-state index in [9.17, 15) is 4.79 Å². The minimum atomic E-state index is -1.06. The number of ether oxygens (including phenoxy) is 1. The Morgan fingerprint density at radius 3 is 2.72 bits per heavy atom. The monoisotopic (exact) mass is 253 g/mol. The summed E-state index contributed by atoms with van der Waals surface area (Å²) in [5, 5.41) is 8.95. The molecule has 0 amide bonds. The van der Waals surface area contributed by atoms with Gasteiger partial charge in [0.2, 0.25) is 0 Å². The Morgan fingerprint density at radius 2 is 2.22 bits per heavy atom. The largest absolute Gasteiger partial charge is 0.477 e. The van der Waals surface area contributed by atoms with Gasteiger partial charge in [-0.1, -0.05) is 0 Å². The molecule has 0 saturated carbocycles. The van der Waals surface area contributed by atoms with E-state index in [1.165, 1.54) is 6.07 Å². The number of pyridine rings is 1. The van der Waals surface area contributed by atoms with Crippen molar-refractivity contribution in [3.05, 3.63) is 17.8 Å². The van der Waals surface area contributed by atoms with Gasteiger partial charge in [-0.05, 0) is 26.0 Å². The Balaban J connectivity index is 3.09. The van der Waals surface area contributed by atoms with Gasteiger partial charge in [0.25, 0.3) is 0 Å². The van der Waals surface area contributed by atoms with Crippen molar-refractivity contribution in [3.8, 4) is 0 Å². The van der Waals surface area contributed by atoms with E-state index in [0.29, 0.717) is 24.7 Å². The quantitative estimate of drug-likeness (QED) is 0.792. The van der Waals surface area contributed by atoms with E-state index in [1.807, 2.05) is 18.7 Å². The van der Waals surface area contributed by atoms with E-state index < -0.39 is 5.97 Å². The molecular weight excluding hydrogens is 234 g/mol. The van der Waals surface area contributed by atoms with Gasteiger partial charge in [0.15, 0.2) is 11.5 Å². The summed E-state index contributed by atoms with van der Waals surface area (Å²) in [4.78, 5) is 16.9. The molecule has 0 aliphatic carbocycles. The van der Waals surface area contributed by atoms with Crippen LogP contribution in [0.5, 0.6) is 0 Å². The molecule has 0 spiro atoms. The van der Waals surface area contributed by atoms with Gasteiger partial charge in [-0.15, -0.1) is 0 Å². The van der Waals surface area contributed by atoms with Crippen LogP contribution in [0.25, 0.3) is 0 Å². The van der Waals surface area contributed by atoms with Crippen LogP contribution in [0.3, 0.4) is 0 Å². The fraction of sp³-hybridized carbons (Fsp3) is 0.500. The van der Waals surface area contributed by atoms with Crippen LogP contribution in [0.15, 0.2) is 12.1 Å². The van der Waals surface area contributed by atoms with Gasteiger partial charge in [0.05, 0.1) is 12.3 Å². The van der Waals surface area contributed by atoms with Crippen molar-refractivity contribution in [1.82, 2.24) is 4.98 Å². The molecule has 1 aromatic heterocycles. The molecule has 0 fully saturated rings. The van der Waals surface area contributed by atoms with Crippen molar-refractivity contribution < 1.29 is 14.6 Å². The molecule has 3 N–H and O–H groups in total. The zero-order chi connectivity index (χ0) is 13.7. The molecular formula is C12H19N3O3. The number of rotatable bonds is 6. The molecule has 0 aliphatic rings. The molecule has 0 atom stereocenters. The van der Waals surface area contributed by atoms with Crippen LogP contribution in [-0.4, -0.2) is 42.4 Å². The highest BCUT2D eigenvalue weighted by Gasteiger charge is 2.17. The van der Waals surface area contributed by atoms with Crippen LogP contribution >= 0.6 is 0 Å². The lowest BCUT2D eigenvalue weighted by Crippen LogP contribution is -2.35. The van der Waals surface area contributed by atoms with Crippen molar-refractivity contribution >= 4 is 17.5 Å². The Labute approximate surface area is 106 Å². The summed E-state index contributed by atoms with van der Waals surface area (Å²) < 4.78 is 5.03. The number of anilines is 2. The van der Waals surface area contributed by atoms with E-state index in [4.69, 9.17) is 15.6 Å². The van der Waals surface area contributed by atoms with Gasteiger partial charge in [-0.3, -0.25) is 0 Å². The van der Waals surface area contributed by atoms with E-state index in [0.717, 1.165) is 0 Å². The second-order valence-electron chi connectivity index (χ2n) is 4.19. The van der Waals surface area contributed by atoms with Crippen molar-refractivity contribution in [2.75, 3.05) is 30.9 Å². The van der Waals surface area contributed by atoms with Crippen molar-refractivity contribution in [2.24, 2.45) is 0 Å². The van der Waals surface area contributed by atoms with E-state index in [-0.39, 0.29) is 11.7 Å². The molecule has 1 rings (SSSR count). The van der Waals surface area contributed by atoms with E-state index in [1.54, 1.807) is 13.2 Å². The molecule has 6 nitrogen and oxygen atoms in total. The summed E-state index contributed by atoms with van der Waals surface area (Å²) >= 11 is 0. The summed E-state index contributed by atoms with van der Waals surface area (Å²) in [7, 11) is 1.61. The second kappa shape index (κ2) is 6.20. The number of carboxylic acid groups (broad SMARTS) is 1. The predicted octanol–water partition coefficient (Wildman–Crippen LogP) is 1.22. The number of hydrogen-bond donors (Lipinski definition) is 2. The van der Waals surface area contributed by atoms with Gasteiger partial charge in [-0.2, -0.15) is 0 Å². The lowest BCUT2D eigenvalue weighted by molar-refractivity contribution is 0.0690. The Hall–Kier alpha value is -1.82. The standard InChI is InChI=1S/C12H19N3O3/c1-8(2)15(6-7-18-3)11-9(13)4-5-10(14-11)12(16)17/h4-5,8H,6-7,13H2,1-3H3,(H,16,17). The maximum absolute atomic E-state index is 10.9. The van der Waals surface area contributed by atoms with Gasteiger partial charge in [0, 0.05) is 19.7 Å². The summed E-state index contributed by atoms with van der Waals surface area (Å²) in [6.07, 6.45) is 0. The number of carbonyl (C=O) groups is 1. The number of aromatic nitrogens is 1. The molecule has 0 saturated heterocycles. The third kappa shape index (κ3) is 3.33. The summed E-state index contributed by atoms with van der Waals surface area (Å²) in [5.41, 5.74) is 6.31. The number of carboxylic acids is 1. The van der Waals surface area contributed by atoms with Crippen molar-refractivity contribution in [3.63, 3.8) is 0 Å². The second-order valence-corrected chi connectivity index (χ2v) is 4.19. The first kappa shape index (κ1) is 14.2. The van der Waals surface area contributed by atoms with E-state index in [2.05, 4.69) is 4.98 Å². The first-order chi connectivity index (χ1) is 8.47. The maximum atomic E-state index is 10.9. The van der Waals surface area contributed by atoms with Crippen LogP contribution in [0.1, 0.15) is 24.3 Å². The zero-order valence-electron chi connectivity index (χ0n) is 10.9. The predicted molar refractivity (Wildman–Crippen MR) is 70.0 cm³/mol. The van der Waals surface area contributed by atoms with Crippen LogP contribution < -0.4 is 10.6 Å². The fourth-order valence-electron chi connectivity index (χ4n) is 1.61. The number of nitrogens with zero attached hydrogens (tertiary/aromatic N) is 2. The smallest absolute Gasteiger partial charge is 0.354 e. The molecule has 18 heavy (non-hydrogen) atoms. The summed E-state index contributed by atoms with van der Waals surface area (Å²) in [5.74, 6) is -0.575. The Bertz CT molecular complexity index is 421. The Morgan fingerprint density at radius 1 is 1.56 bits per heavy atom. The molecule has 0 unspecified atom stereocenters. The highest BCUT2D eigenvalue weighted by molar-refractivity contribution is 5.87. The summed E-state index contributed by atoms with van der Waals surface area (Å²) in [6.45, 7) is 5.11. The average molecular weight is 253 g/mol. The topological polar surface area (TPSA) is 88.7 Å². The normalized spacial score (nSPS) is 10.7. The fourth-order valence-corrected chi connectivity index (χ4v) is 1.61. The molecule has 1 heterocycles. The Kier molecular flexibility index (Phi) is 4.91. The van der Waals surface area contributed by atoms with Gasteiger partial charge in [-0.25, -0.2) is 9.78 Å². The molecule has 0 radical (unpaired) electrons. The average Bonchev–Trinajstić information content (AvgIpc) is 2.31. The van der Waals surface area contributed by atoms with Crippen LogP contribution in [0.2, 0.25) is 0 Å². The lowest BCUT2D eigenvalue weighted by Gasteiger charge is -2.28. The highest BCUT2D eigenvalue weighted by atomic mass is 16.5. The molecule has 6 heteroatoms. The van der Waals surface area contributed by atoms with Crippen molar-refractivity contribution in [2.45, 2.75) is 19.9 Å². The number of aromatic carboxylic acids is 1. The molecule has 0 aliphatic heterocycles. The van der Waals surface area contributed by atoms with Crippen LogP contribution in [0.4, 0.5) is 11.5 Å². The molecule has 0 aromatic carbocycles. The molecule has 100 valence electrons. The third-order valence-electron chi connectivity index (χ3n) is 2.56. The number of methoxy groups -OCH3 is 1. The van der Waals surface area contributed by atoms with Crippen molar-refractivity contribution in [1.29, 1.82) is 0 Å². The highest BCUT2D eigenvalue weighted by Crippen LogP contribution is 2.22. The van der Waals surface area contributed by atoms with Gasteiger partial charge < -0.3 is 20.5 Å². The van der Waals surface area contributed by atoms with E-state index >= 15 is 0 Å². The molecule has 0 bridgehead atoms. The minimum absolute atomic E-state index is 0.0118. The summed E-state index contributed by atoms with van der Waals surface area (Å²) in [6, 6.07) is 3.11. The number of nitrogens with two attached hydrogens (primary N) is 1. The van der Waals surface area contributed by atoms with Crippen LogP contribution in [0, 0.1) is 0 Å². The first-order valence-corrected chi connectivity index (χ1v) is 5.72. The SMILES string of the molecule is COCCN(c1nc(C(=O)O)ccc1N)C(C)C. The first-order valence-electron chi connectivity index (χ1n) is 5.72. The molecule has 1 aromatic rings. The van der Waals surface area contributed by atoms with Gasteiger partial charge in [0.1, 0.15) is 0 Å². The van der Waals surface area contributed by atoms with Gasteiger partial charge >= 0.3 is 5.97 Å². The lowest BCUT2D eigenvalue weighted by atomic mass is 10.2.